The Morgan fingerprint density at radius 1 is 1.28 bits per heavy atom. The first-order chi connectivity index (χ1) is 13.7. The van der Waals surface area contributed by atoms with Crippen molar-refractivity contribution < 1.29 is 27.2 Å². The molecule has 2 atom stereocenters. The van der Waals surface area contributed by atoms with Gasteiger partial charge in [-0.3, -0.25) is 4.79 Å². The van der Waals surface area contributed by atoms with Gasteiger partial charge in [0.05, 0.1) is 16.5 Å². The lowest BCUT2D eigenvalue weighted by molar-refractivity contribution is -0.141. The lowest BCUT2D eigenvalue weighted by Crippen LogP contribution is -2.46. The number of amides is 1. The predicted octanol–water partition coefficient (Wildman–Crippen LogP) is 3.18. The number of ether oxygens (including phenoxy) is 1. The van der Waals surface area contributed by atoms with Crippen LogP contribution in [0.4, 0.5) is 0 Å². The van der Waals surface area contributed by atoms with Crippen LogP contribution in [-0.4, -0.2) is 55.4 Å². The van der Waals surface area contributed by atoms with Gasteiger partial charge in [-0.1, -0.05) is 23.7 Å². The normalized spacial score (nSPS) is 18.9. The summed E-state index contributed by atoms with van der Waals surface area (Å²) in [5.41, 5.74) is 0.636. The molecule has 1 aromatic carbocycles. The third kappa shape index (κ3) is 4.82. The molecule has 3 rings (SSSR count). The topological polar surface area (TPSA) is 93.9 Å². The number of hydrogen-bond acceptors (Lipinski definition) is 6. The minimum atomic E-state index is -3.13. The molecule has 1 aliphatic heterocycles. The van der Waals surface area contributed by atoms with E-state index in [4.69, 9.17) is 20.8 Å². The lowest BCUT2D eigenvalue weighted by atomic mass is 10.2. The van der Waals surface area contributed by atoms with Crippen LogP contribution in [0.1, 0.15) is 30.8 Å². The number of likely N-dealkylation sites (N-methyl/N-ethyl adjacent to an activating group) is 1. The Morgan fingerprint density at radius 2 is 2.00 bits per heavy atom. The molecule has 2 heterocycles. The smallest absolute Gasteiger partial charge is 0.375 e. The number of halogens is 1. The third-order valence-electron chi connectivity index (χ3n) is 4.85. The monoisotopic (exact) mass is 439 g/mol. The van der Waals surface area contributed by atoms with Gasteiger partial charge in [-0.15, -0.1) is 0 Å². The van der Waals surface area contributed by atoms with E-state index in [9.17, 15) is 18.0 Å². The molecule has 1 aliphatic rings. The summed E-state index contributed by atoms with van der Waals surface area (Å²) in [5.74, 6) is -0.849. The maximum atomic E-state index is 12.7. The Hall–Kier alpha value is -2.32. The number of carbonyl (C=O) groups is 2. The van der Waals surface area contributed by atoms with Crippen molar-refractivity contribution in [3.05, 3.63) is 47.2 Å². The van der Waals surface area contributed by atoms with Gasteiger partial charge >= 0.3 is 5.97 Å². The second kappa shape index (κ2) is 8.59. The van der Waals surface area contributed by atoms with Gasteiger partial charge in [0, 0.05) is 18.2 Å². The van der Waals surface area contributed by atoms with Gasteiger partial charge in [0.2, 0.25) is 5.76 Å². The summed E-state index contributed by atoms with van der Waals surface area (Å²) in [7, 11) is -3.13. The minimum Gasteiger partial charge on any atom is -0.449 e. The van der Waals surface area contributed by atoms with E-state index in [-0.39, 0.29) is 17.3 Å². The van der Waals surface area contributed by atoms with Crippen molar-refractivity contribution in [2.45, 2.75) is 32.4 Å². The Labute approximate surface area is 174 Å². The number of carbonyl (C=O) groups excluding carboxylic acids is 2. The first-order valence-electron chi connectivity index (χ1n) is 9.28. The average Bonchev–Trinajstić information content (AvgIpc) is 3.29. The van der Waals surface area contributed by atoms with E-state index in [2.05, 4.69) is 0 Å². The molecule has 1 amide bonds. The first kappa shape index (κ1) is 21.4. The molecule has 29 heavy (non-hydrogen) atoms. The number of esters is 1. The summed E-state index contributed by atoms with van der Waals surface area (Å²) >= 11 is 6.14. The van der Waals surface area contributed by atoms with E-state index in [0.717, 1.165) is 0 Å². The van der Waals surface area contributed by atoms with Gasteiger partial charge < -0.3 is 14.1 Å². The van der Waals surface area contributed by atoms with Crippen LogP contribution < -0.4 is 0 Å². The highest BCUT2D eigenvalue weighted by atomic mass is 35.5. The van der Waals surface area contributed by atoms with Crippen molar-refractivity contribution >= 4 is 33.3 Å². The van der Waals surface area contributed by atoms with E-state index in [1.807, 2.05) is 0 Å². The lowest BCUT2D eigenvalue weighted by Gasteiger charge is -2.29. The Kier molecular flexibility index (Phi) is 6.33. The Bertz CT molecular complexity index is 1020. The van der Waals surface area contributed by atoms with E-state index in [1.54, 1.807) is 37.3 Å². The van der Waals surface area contributed by atoms with Crippen LogP contribution in [0.15, 0.2) is 40.8 Å². The van der Waals surface area contributed by atoms with Crippen LogP contribution in [0.3, 0.4) is 0 Å². The zero-order valence-corrected chi connectivity index (χ0v) is 17.7. The van der Waals surface area contributed by atoms with Crippen LogP contribution >= 0.6 is 11.6 Å². The summed E-state index contributed by atoms with van der Waals surface area (Å²) in [6.07, 6.45) is -0.679. The Morgan fingerprint density at radius 3 is 2.62 bits per heavy atom. The van der Waals surface area contributed by atoms with Crippen LogP contribution in [-0.2, 0) is 19.4 Å². The highest BCUT2D eigenvalue weighted by Crippen LogP contribution is 2.29. The van der Waals surface area contributed by atoms with E-state index in [0.29, 0.717) is 29.3 Å². The molecular formula is C20H22ClNO6S. The van der Waals surface area contributed by atoms with Gasteiger partial charge in [-0.2, -0.15) is 0 Å². The average molecular weight is 440 g/mol. The van der Waals surface area contributed by atoms with Crippen LogP contribution in [0.2, 0.25) is 5.02 Å². The van der Waals surface area contributed by atoms with Crippen LogP contribution in [0.25, 0.3) is 11.3 Å². The van der Waals surface area contributed by atoms with Crippen molar-refractivity contribution in [3.8, 4) is 11.3 Å². The molecule has 1 saturated heterocycles. The fourth-order valence-corrected chi connectivity index (χ4v) is 5.33. The predicted molar refractivity (Wildman–Crippen MR) is 108 cm³/mol. The van der Waals surface area contributed by atoms with Gasteiger partial charge in [0.1, 0.15) is 5.76 Å². The highest BCUT2D eigenvalue weighted by molar-refractivity contribution is 7.91. The molecule has 9 heteroatoms. The second-order valence-electron chi connectivity index (χ2n) is 6.87. The summed E-state index contributed by atoms with van der Waals surface area (Å²) in [5, 5.41) is 0.482. The van der Waals surface area contributed by atoms with Gasteiger partial charge in [-0.05, 0) is 44.5 Å². The fraction of sp³-hybridized carbons (Fsp3) is 0.400. The molecule has 7 nitrogen and oxygen atoms in total. The van der Waals surface area contributed by atoms with Crippen molar-refractivity contribution in [2.24, 2.45) is 0 Å². The largest absolute Gasteiger partial charge is 0.449 e. The first-order valence-corrected chi connectivity index (χ1v) is 11.5. The molecule has 0 radical (unpaired) electrons. The van der Waals surface area contributed by atoms with Gasteiger partial charge in [-0.25, -0.2) is 13.2 Å². The maximum absolute atomic E-state index is 12.7. The number of hydrogen-bond donors (Lipinski definition) is 0. The third-order valence-corrected chi connectivity index (χ3v) is 6.93. The molecule has 2 unspecified atom stereocenters. The van der Waals surface area contributed by atoms with Gasteiger partial charge in [0.15, 0.2) is 15.9 Å². The van der Waals surface area contributed by atoms with E-state index < -0.39 is 33.9 Å². The molecule has 156 valence electrons. The molecule has 0 bridgehead atoms. The van der Waals surface area contributed by atoms with Crippen molar-refractivity contribution in [3.63, 3.8) is 0 Å². The quantitative estimate of drug-likeness (QED) is 0.641. The molecule has 1 aromatic heterocycles. The number of benzene rings is 1. The Balaban J connectivity index is 1.67. The molecule has 1 fully saturated rings. The molecule has 2 aromatic rings. The SMILES string of the molecule is CCN(C(=O)C(C)OC(=O)c1ccc(-c2ccccc2Cl)o1)C1CCS(=O)(=O)C1. The van der Waals surface area contributed by atoms with Crippen LogP contribution in [0.5, 0.6) is 0 Å². The molecular weight excluding hydrogens is 418 g/mol. The van der Waals surface area contributed by atoms with Crippen molar-refractivity contribution in [1.82, 2.24) is 4.90 Å². The summed E-state index contributed by atoms with van der Waals surface area (Å²) in [4.78, 5) is 26.6. The molecule has 0 saturated carbocycles. The standard InChI is InChI=1S/C20H22ClNO6S/c1-3-22(14-10-11-29(25,26)12-14)19(23)13(2)27-20(24)18-9-8-17(28-18)15-6-4-5-7-16(15)21/h4-9,13-14H,3,10-12H2,1-2H3. The molecule has 0 aliphatic carbocycles. The number of furan rings is 1. The van der Waals surface area contributed by atoms with Crippen molar-refractivity contribution in [1.29, 1.82) is 0 Å². The highest BCUT2D eigenvalue weighted by Gasteiger charge is 2.36. The van der Waals surface area contributed by atoms with Gasteiger partial charge in [0.25, 0.3) is 5.91 Å². The van der Waals surface area contributed by atoms with Crippen molar-refractivity contribution in [2.75, 3.05) is 18.1 Å². The van der Waals surface area contributed by atoms with Crippen LogP contribution in [0, 0.1) is 0 Å². The second-order valence-corrected chi connectivity index (χ2v) is 9.51. The molecule has 0 N–H and O–H groups in total. The number of sulfone groups is 1. The van der Waals surface area contributed by atoms with E-state index in [1.165, 1.54) is 17.9 Å². The minimum absolute atomic E-state index is 0.0499. The summed E-state index contributed by atoms with van der Waals surface area (Å²) in [6.45, 7) is 3.56. The maximum Gasteiger partial charge on any atom is 0.375 e. The fourth-order valence-electron chi connectivity index (χ4n) is 3.37. The number of nitrogens with zero attached hydrogens (tertiary/aromatic N) is 1. The van der Waals surface area contributed by atoms with E-state index >= 15 is 0 Å². The zero-order chi connectivity index (χ0) is 21.2. The zero-order valence-electron chi connectivity index (χ0n) is 16.1. The molecule has 0 spiro atoms. The number of rotatable bonds is 6. The summed E-state index contributed by atoms with van der Waals surface area (Å²) < 4.78 is 34.2. The summed E-state index contributed by atoms with van der Waals surface area (Å²) in [6, 6.07) is 9.72.